The van der Waals surface area contributed by atoms with Crippen LogP contribution in [0.4, 0.5) is 4.39 Å². The Hall–Kier alpha value is -2.38. The zero-order valence-electron chi connectivity index (χ0n) is 16.4. The number of nitrogens with one attached hydrogen (secondary N) is 1. The van der Waals surface area contributed by atoms with Crippen molar-refractivity contribution in [1.29, 1.82) is 0 Å². The Labute approximate surface area is 184 Å². The molecule has 8 heteroatoms. The van der Waals surface area contributed by atoms with E-state index in [0.717, 1.165) is 34.9 Å². The van der Waals surface area contributed by atoms with E-state index in [-0.39, 0.29) is 17.5 Å². The molecule has 1 amide bonds. The summed E-state index contributed by atoms with van der Waals surface area (Å²) in [7, 11) is 0. The fraction of sp³-hybridized carbons (Fsp3) is 0.318. The lowest BCUT2D eigenvalue weighted by molar-refractivity contribution is -0.118. The molecule has 156 valence electrons. The minimum absolute atomic E-state index is 0.107. The molecule has 1 fully saturated rings. The summed E-state index contributed by atoms with van der Waals surface area (Å²) in [4.78, 5) is 12.3. The highest BCUT2D eigenvalue weighted by molar-refractivity contribution is 7.99. The standard InChI is InChI=1S/C22H22ClFN4OS/c23-19-8-4-3-7-18(19)21-26-27-22(28(21)17-5-1-2-6-17)30-14-20(29)25-13-15-9-11-16(24)12-10-15/h3-4,7-12,17H,1-2,5-6,13-14H2,(H,25,29). The van der Waals surface area contributed by atoms with Crippen molar-refractivity contribution >= 4 is 29.3 Å². The molecule has 0 atom stereocenters. The van der Waals surface area contributed by atoms with Gasteiger partial charge in [-0.25, -0.2) is 4.39 Å². The molecule has 1 saturated carbocycles. The number of benzene rings is 2. The second-order valence-corrected chi connectivity index (χ2v) is 8.64. The minimum atomic E-state index is -0.291. The Morgan fingerprint density at radius 1 is 1.13 bits per heavy atom. The fourth-order valence-corrected chi connectivity index (χ4v) is 4.73. The molecular weight excluding hydrogens is 423 g/mol. The summed E-state index contributed by atoms with van der Waals surface area (Å²) in [6, 6.07) is 14.0. The van der Waals surface area contributed by atoms with Gasteiger partial charge in [-0.15, -0.1) is 10.2 Å². The lowest BCUT2D eigenvalue weighted by Crippen LogP contribution is -2.24. The smallest absolute Gasteiger partial charge is 0.230 e. The number of aromatic nitrogens is 3. The first-order chi connectivity index (χ1) is 14.6. The molecule has 1 aliphatic rings. The van der Waals surface area contributed by atoms with Gasteiger partial charge in [0.2, 0.25) is 5.91 Å². The number of rotatable bonds is 7. The van der Waals surface area contributed by atoms with Gasteiger partial charge in [-0.2, -0.15) is 0 Å². The number of halogens is 2. The van der Waals surface area contributed by atoms with Gasteiger partial charge < -0.3 is 5.32 Å². The van der Waals surface area contributed by atoms with Crippen LogP contribution >= 0.6 is 23.4 Å². The predicted molar refractivity (Wildman–Crippen MR) is 117 cm³/mol. The maximum absolute atomic E-state index is 13.0. The van der Waals surface area contributed by atoms with Crippen molar-refractivity contribution in [2.45, 2.75) is 43.4 Å². The molecule has 5 nitrogen and oxygen atoms in total. The number of hydrogen-bond acceptors (Lipinski definition) is 4. The monoisotopic (exact) mass is 444 g/mol. The summed E-state index contributed by atoms with van der Waals surface area (Å²) in [6.07, 6.45) is 4.49. The maximum Gasteiger partial charge on any atom is 0.230 e. The average Bonchev–Trinajstić information content (AvgIpc) is 3.42. The van der Waals surface area contributed by atoms with Gasteiger partial charge in [0.05, 0.1) is 10.8 Å². The molecule has 0 spiro atoms. The van der Waals surface area contributed by atoms with Crippen molar-refractivity contribution in [2.24, 2.45) is 0 Å². The largest absolute Gasteiger partial charge is 0.351 e. The van der Waals surface area contributed by atoms with Crippen LogP contribution in [0.5, 0.6) is 0 Å². The van der Waals surface area contributed by atoms with E-state index < -0.39 is 0 Å². The van der Waals surface area contributed by atoms with Crippen molar-refractivity contribution in [3.05, 3.63) is 64.9 Å². The summed E-state index contributed by atoms with van der Waals surface area (Å²) in [5.74, 6) is 0.585. The van der Waals surface area contributed by atoms with Crippen molar-refractivity contribution in [2.75, 3.05) is 5.75 Å². The Morgan fingerprint density at radius 3 is 2.60 bits per heavy atom. The number of nitrogens with zero attached hydrogens (tertiary/aromatic N) is 3. The molecule has 2 aromatic carbocycles. The number of thioether (sulfide) groups is 1. The van der Waals surface area contributed by atoms with Crippen molar-refractivity contribution in [3.8, 4) is 11.4 Å². The van der Waals surface area contributed by atoms with E-state index >= 15 is 0 Å². The summed E-state index contributed by atoms with van der Waals surface area (Å²) in [5, 5.41) is 13.0. The Morgan fingerprint density at radius 2 is 1.87 bits per heavy atom. The molecule has 1 heterocycles. The zero-order chi connectivity index (χ0) is 20.9. The highest BCUT2D eigenvalue weighted by Crippen LogP contribution is 2.38. The first-order valence-electron chi connectivity index (χ1n) is 9.95. The predicted octanol–water partition coefficient (Wildman–Crippen LogP) is 5.26. The van der Waals surface area contributed by atoms with Gasteiger partial charge >= 0.3 is 0 Å². The zero-order valence-corrected chi connectivity index (χ0v) is 17.9. The van der Waals surface area contributed by atoms with Crippen LogP contribution in [-0.4, -0.2) is 26.4 Å². The SMILES string of the molecule is O=C(CSc1nnc(-c2ccccc2Cl)n1C1CCCC1)NCc1ccc(F)cc1. The van der Waals surface area contributed by atoms with Gasteiger partial charge in [-0.05, 0) is 42.7 Å². The number of carbonyl (C=O) groups excluding carboxylic acids is 1. The highest BCUT2D eigenvalue weighted by Gasteiger charge is 2.26. The van der Waals surface area contributed by atoms with Gasteiger partial charge in [-0.1, -0.05) is 60.5 Å². The topological polar surface area (TPSA) is 59.8 Å². The van der Waals surface area contributed by atoms with Crippen LogP contribution in [0.2, 0.25) is 5.02 Å². The van der Waals surface area contributed by atoms with Gasteiger partial charge in [0.15, 0.2) is 11.0 Å². The van der Waals surface area contributed by atoms with Crippen LogP contribution < -0.4 is 5.32 Å². The molecule has 0 aliphatic heterocycles. The lowest BCUT2D eigenvalue weighted by Gasteiger charge is -2.17. The maximum atomic E-state index is 13.0. The van der Waals surface area contributed by atoms with E-state index in [2.05, 4.69) is 20.1 Å². The van der Waals surface area contributed by atoms with E-state index in [9.17, 15) is 9.18 Å². The van der Waals surface area contributed by atoms with E-state index in [1.165, 1.54) is 36.7 Å². The number of hydrogen-bond donors (Lipinski definition) is 1. The summed E-state index contributed by atoms with van der Waals surface area (Å²) in [6.45, 7) is 0.361. The number of carbonyl (C=O) groups is 1. The van der Waals surface area contributed by atoms with Crippen molar-refractivity contribution in [1.82, 2.24) is 20.1 Å². The van der Waals surface area contributed by atoms with Crippen LogP contribution in [0.15, 0.2) is 53.7 Å². The quantitative estimate of drug-likeness (QED) is 0.505. The van der Waals surface area contributed by atoms with E-state index in [1.54, 1.807) is 12.1 Å². The Balaban J connectivity index is 1.46. The molecule has 1 aromatic heterocycles. The normalized spacial score (nSPS) is 14.2. The molecule has 30 heavy (non-hydrogen) atoms. The van der Waals surface area contributed by atoms with Gasteiger partial charge in [0.25, 0.3) is 0 Å². The van der Waals surface area contributed by atoms with Gasteiger partial charge in [0.1, 0.15) is 5.82 Å². The van der Waals surface area contributed by atoms with Crippen LogP contribution in [0.3, 0.4) is 0 Å². The third-order valence-corrected chi connectivity index (χ3v) is 6.48. The second kappa shape index (κ2) is 9.62. The molecule has 0 unspecified atom stereocenters. The first kappa shape index (κ1) is 20.9. The van der Waals surface area contributed by atoms with Crippen LogP contribution in [0.25, 0.3) is 11.4 Å². The van der Waals surface area contributed by atoms with E-state index in [4.69, 9.17) is 11.6 Å². The minimum Gasteiger partial charge on any atom is -0.351 e. The second-order valence-electron chi connectivity index (χ2n) is 7.29. The molecule has 1 N–H and O–H groups in total. The molecular formula is C22H22ClFN4OS. The van der Waals surface area contributed by atoms with Crippen LogP contribution in [0, 0.1) is 5.82 Å². The van der Waals surface area contributed by atoms with Gasteiger partial charge in [0, 0.05) is 18.2 Å². The van der Waals surface area contributed by atoms with Crippen molar-refractivity contribution < 1.29 is 9.18 Å². The molecule has 0 radical (unpaired) electrons. The molecule has 0 bridgehead atoms. The Bertz CT molecular complexity index is 1020. The Kier molecular flexibility index (Phi) is 6.69. The van der Waals surface area contributed by atoms with Gasteiger partial charge in [-0.3, -0.25) is 9.36 Å². The van der Waals surface area contributed by atoms with E-state index in [1.807, 2.05) is 24.3 Å². The summed E-state index contributed by atoms with van der Waals surface area (Å²) < 4.78 is 15.1. The average molecular weight is 445 g/mol. The van der Waals surface area contributed by atoms with Crippen LogP contribution in [0.1, 0.15) is 37.3 Å². The molecule has 4 rings (SSSR count). The van der Waals surface area contributed by atoms with E-state index in [0.29, 0.717) is 17.6 Å². The number of amides is 1. The molecule has 3 aromatic rings. The third kappa shape index (κ3) is 4.84. The first-order valence-corrected chi connectivity index (χ1v) is 11.3. The molecule has 0 saturated heterocycles. The summed E-state index contributed by atoms with van der Waals surface area (Å²) in [5.41, 5.74) is 1.70. The molecule has 1 aliphatic carbocycles. The third-order valence-electron chi connectivity index (χ3n) is 5.20. The van der Waals surface area contributed by atoms with Crippen LogP contribution in [-0.2, 0) is 11.3 Å². The van der Waals surface area contributed by atoms with Crippen molar-refractivity contribution in [3.63, 3.8) is 0 Å². The summed E-state index contributed by atoms with van der Waals surface area (Å²) >= 11 is 7.78. The lowest BCUT2D eigenvalue weighted by atomic mass is 10.2. The fourth-order valence-electron chi connectivity index (χ4n) is 3.68. The highest BCUT2D eigenvalue weighted by atomic mass is 35.5.